The molecule has 0 radical (unpaired) electrons. The van der Waals surface area contributed by atoms with Gasteiger partial charge in [0, 0.05) is 19.6 Å². The van der Waals surface area contributed by atoms with E-state index in [-0.39, 0.29) is 11.7 Å². The highest BCUT2D eigenvalue weighted by molar-refractivity contribution is 6.18. The minimum Gasteiger partial charge on any atom is -0.336 e. The van der Waals surface area contributed by atoms with Crippen molar-refractivity contribution in [1.82, 2.24) is 30.4 Å². The van der Waals surface area contributed by atoms with Crippen molar-refractivity contribution in [3.63, 3.8) is 0 Å². The monoisotopic (exact) mass is 330 g/mol. The molecule has 0 bridgehead atoms. The predicted molar refractivity (Wildman–Crippen MR) is 87.2 cm³/mol. The van der Waals surface area contributed by atoms with Crippen LogP contribution in [-0.2, 0) is 4.79 Å². The highest BCUT2D eigenvalue weighted by Crippen LogP contribution is 2.16. The van der Waals surface area contributed by atoms with Gasteiger partial charge in [-0.15, -0.1) is 5.10 Å². The Morgan fingerprint density at radius 2 is 2.04 bits per heavy atom. The smallest absolute Gasteiger partial charge is 0.272 e. The molecule has 1 aliphatic heterocycles. The zero-order valence-electron chi connectivity index (χ0n) is 13.4. The summed E-state index contributed by atoms with van der Waals surface area (Å²) in [4.78, 5) is 14.8. The number of aryl methyl sites for hydroxylation is 1. The van der Waals surface area contributed by atoms with Gasteiger partial charge in [0.15, 0.2) is 5.82 Å². The maximum atomic E-state index is 13.1. The number of rotatable bonds is 3. The van der Waals surface area contributed by atoms with Gasteiger partial charge in [-0.05, 0) is 54.1 Å². The van der Waals surface area contributed by atoms with Gasteiger partial charge in [0.2, 0.25) is 0 Å². The average molecular weight is 330 g/mol. The van der Waals surface area contributed by atoms with Crippen molar-refractivity contribution in [2.75, 3.05) is 26.2 Å². The molecule has 0 unspecified atom stereocenters. The summed E-state index contributed by atoms with van der Waals surface area (Å²) in [5.74, 6) is 0.0558. The van der Waals surface area contributed by atoms with E-state index < -0.39 is 0 Å². The van der Waals surface area contributed by atoms with E-state index in [4.69, 9.17) is 0 Å². The second-order valence-corrected chi connectivity index (χ2v) is 5.61. The van der Waals surface area contributed by atoms with E-state index in [1.807, 2.05) is 0 Å². The summed E-state index contributed by atoms with van der Waals surface area (Å²) in [5, 5.41) is 14.7. The van der Waals surface area contributed by atoms with Crippen LogP contribution in [0.1, 0.15) is 17.8 Å². The number of carbonyl (C=O) groups excluding carboxylic acids is 1. The minimum absolute atomic E-state index is 0.140. The van der Waals surface area contributed by atoms with E-state index in [9.17, 15) is 9.18 Å². The Kier molecular flexibility index (Phi) is 4.95. The summed E-state index contributed by atoms with van der Waals surface area (Å²) in [7, 11) is 0. The highest BCUT2D eigenvalue weighted by Gasteiger charge is 2.23. The molecule has 1 fully saturated rings. The lowest BCUT2D eigenvalue weighted by atomic mass is 10.1. The van der Waals surface area contributed by atoms with Crippen LogP contribution in [-0.4, -0.2) is 57.2 Å². The molecule has 3 rings (SSSR count). The van der Waals surface area contributed by atoms with Gasteiger partial charge >= 0.3 is 0 Å². The second kappa shape index (κ2) is 7.31. The fraction of sp³-hybridized carbons (Fsp3) is 0.375. The third-order valence-corrected chi connectivity index (χ3v) is 3.87. The van der Waals surface area contributed by atoms with E-state index in [1.54, 1.807) is 30.0 Å². The minimum atomic E-state index is -0.322. The van der Waals surface area contributed by atoms with Crippen LogP contribution in [0.25, 0.3) is 11.8 Å². The van der Waals surface area contributed by atoms with Crippen molar-refractivity contribution < 1.29 is 9.18 Å². The molecule has 0 saturated carbocycles. The predicted octanol–water partition coefficient (Wildman–Crippen LogP) is 0.941. The van der Waals surface area contributed by atoms with E-state index in [0.717, 1.165) is 19.5 Å². The zero-order valence-corrected chi connectivity index (χ0v) is 13.4. The third-order valence-electron chi connectivity index (χ3n) is 3.87. The van der Waals surface area contributed by atoms with Crippen molar-refractivity contribution in [2.45, 2.75) is 13.3 Å². The van der Waals surface area contributed by atoms with Gasteiger partial charge in [0.25, 0.3) is 5.91 Å². The van der Waals surface area contributed by atoms with E-state index in [0.29, 0.717) is 30.2 Å². The number of halogens is 1. The van der Waals surface area contributed by atoms with Crippen molar-refractivity contribution in [2.24, 2.45) is 0 Å². The number of hydrogen-bond donors (Lipinski definition) is 1. The van der Waals surface area contributed by atoms with Gasteiger partial charge in [-0.3, -0.25) is 4.79 Å². The number of amides is 1. The summed E-state index contributed by atoms with van der Waals surface area (Å²) in [6.45, 7) is 4.68. The first-order valence-corrected chi connectivity index (χ1v) is 7.88. The summed E-state index contributed by atoms with van der Waals surface area (Å²) in [5.41, 5.74) is 1.06. The van der Waals surface area contributed by atoms with Crippen LogP contribution in [0.5, 0.6) is 0 Å². The first kappa shape index (κ1) is 16.3. The fourth-order valence-electron chi connectivity index (χ4n) is 2.60. The Bertz CT molecular complexity index is 731. The first-order valence-electron chi connectivity index (χ1n) is 7.88. The quantitative estimate of drug-likeness (QED) is 0.848. The van der Waals surface area contributed by atoms with Crippen LogP contribution >= 0.6 is 0 Å². The van der Waals surface area contributed by atoms with Gasteiger partial charge in [-0.2, -0.15) is 4.68 Å². The summed E-state index contributed by atoms with van der Waals surface area (Å²) in [6, 6.07) is 5.95. The number of nitrogens with zero attached hydrogens (tertiary/aromatic N) is 5. The second-order valence-electron chi connectivity index (χ2n) is 5.61. The fourth-order valence-corrected chi connectivity index (χ4v) is 2.60. The van der Waals surface area contributed by atoms with E-state index >= 15 is 0 Å². The SMILES string of the molecule is Cc1nnnn1C(=Cc1ccc(F)cc1)C(=O)N1CCCNCC1. The molecule has 0 spiro atoms. The molecular formula is C16H19FN6O. The Labute approximate surface area is 139 Å². The van der Waals surface area contributed by atoms with Gasteiger partial charge in [0.05, 0.1) is 0 Å². The average Bonchev–Trinajstić information content (AvgIpc) is 2.85. The highest BCUT2D eigenvalue weighted by atomic mass is 19.1. The van der Waals surface area contributed by atoms with E-state index in [1.165, 1.54) is 16.8 Å². The molecule has 8 heteroatoms. The molecular weight excluding hydrogens is 311 g/mol. The van der Waals surface area contributed by atoms with Crippen LogP contribution in [0.4, 0.5) is 4.39 Å². The van der Waals surface area contributed by atoms with Gasteiger partial charge < -0.3 is 10.2 Å². The van der Waals surface area contributed by atoms with Crippen molar-refractivity contribution in [3.05, 3.63) is 41.5 Å². The summed E-state index contributed by atoms with van der Waals surface area (Å²) in [6.07, 6.45) is 2.58. The Morgan fingerprint density at radius 3 is 2.75 bits per heavy atom. The van der Waals surface area contributed by atoms with Gasteiger partial charge in [-0.25, -0.2) is 4.39 Å². The first-order chi connectivity index (χ1) is 11.6. The molecule has 1 aromatic heterocycles. The standard InChI is InChI=1S/C16H19FN6O/c1-12-19-20-21-23(12)15(11-13-3-5-14(17)6-4-13)16(24)22-9-2-7-18-8-10-22/h3-6,11,18H,2,7-10H2,1H3. The summed E-state index contributed by atoms with van der Waals surface area (Å²) >= 11 is 0. The maximum absolute atomic E-state index is 13.1. The maximum Gasteiger partial charge on any atom is 0.272 e. The molecule has 1 amide bonds. The Morgan fingerprint density at radius 1 is 1.25 bits per heavy atom. The number of carbonyl (C=O) groups is 1. The van der Waals surface area contributed by atoms with Crippen molar-refractivity contribution in [3.8, 4) is 0 Å². The Balaban J connectivity index is 1.97. The Hall–Kier alpha value is -2.61. The molecule has 0 atom stereocenters. The molecule has 1 saturated heterocycles. The topological polar surface area (TPSA) is 75.9 Å². The lowest BCUT2D eigenvalue weighted by Crippen LogP contribution is -2.36. The molecule has 126 valence electrons. The van der Waals surface area contributed by atoms with Crippen LogP contribution < -0.4 is 5.32 Å². The lowest BCUT2D eigenvalue weighted by Gasteiger charge is -2.21. The van der Waals surface area contributed by atoms with Gasteiger partial charge in [-0.1, -0.05) is 12.1 Å². The molecule has 1 aliphatic rings. The summed E-state index contributed by atoms with van der Waals surface area (Å²) < 4.78 is 14.5. The van der Waals surface area contributed by atoms with Crippen LogP contribution in [0.3, 0.4) is 0 Å². The van der Waals surface area contributed by atoms with Crippen LogP contribution in [0.2, 0.25) is 0 Å². The lowest BCUT2D eigenvalue weighted by molar-refractivity contribution is -0.125. The normalized spacial score (nSPS) is 16.1. The van der Waals surface area contributed by atoms with Crippen LogP contribution in [0.15, 0.2) is 24.3 Å². The molecule has 1 aromatic carbocycles. The molecule has 24 heavy (non-hydrogen) atoms. The van der Waals surface area contributed by atoms with E-state index in [2.05, 4.69) is 20.8 Å². The number of aromatic nitrogens is 4. The molecule has 2 heterocycles. The van der Waals surface area contributed by atoms with Crippen LogP contribution in [0, 0.1) is 12.7 Å². The van der Waals surface area contributed by atoms with Crippen molar-refractivity contribution >= 4 is 17.7 Å². The number of nitrogens with one attached hydrogen (secondary N) is 1. The largest absolute Gasteiger partial charge is 0.336 e. The molecule has 0 aliphatic carbocycles. The molecule has 1 N–H and O–H groups in total. The molecule has 2 aromatic rings. The molecule has 7 nitrogen and oxygen atoms in total. The number of benzene rings is 1. The third kappa shape index (κ3) is 3.65. The van der Waals surface area contributed by atoms with Gasteiger partial charge in [0.1, 0.15) is 11.5 Å². The zero-order chi connectivity index (χ0) is 16.9. The van der Waals surface area contributed by atoms with Crippen molar-refractivity contribution in [1.29, 1.82) is 0 Å². The number of tetrazole rings is 1. The number of hydrogen-bond acceptors (Lipinski definition) is 5.